The number of Topliss-reactive ketones (excluding diaryl/α,β-unsaturated/α-hetero) is 1. The van der Waals surface area contributed by atoms with Crippen LogP contribution < -0.4 is 0 Å². The topological polar surface area (TPSA) is 46.5 Å². The van der Waals surface area contributed by atoms with Crippen molar-refractivity contribution in [3.63, 3.8) is 0 Å². The van der Waals surface area contributed by atoms with Crippen molar-refractivity contribution < 1.29 is 14.9 Å². The summed E-state index contributed by atoms with van der Waals surface area (Å²) in [4.78, 5) is 16.4. The highest BCUT2D eigenvalue weighted by molar-refractivity contribution is 5.99. The molecule has 1 N–H and O–H groups in total. The van der Waals surface area contributed by atoms with E-state index in [0.29, 0.717) is 11.1 Å². The summed E-state index contributed by atoms with van der Waals surface area (Å²) in [5, 5.41) is 8.89. The molecule has 0 spiro atoms. The fraction of sp³-hybridized carbons (Fsp3) is 0.0714. The summed E-state index contributed by atoms with van der Waals surface area (Å²) in [6, 6.07) is 17.6. The average molecular weight is 228 g/mol. The molecule has 0 aliphatic heterocycles. The molecule has 0 radical (unpaired) electrons. The van der Waals surface area contributed by atoms with Gasteiger partial charge in [0.1, 0.15) is 0 Å². The van der Waals surface area contributed by atoms with Crippen molar-refractivity contribution in [1.82, 2.24) is 0 Å². The molecule has 3 heteroatoms. The van der Waals surface area contributed by atoms with Crippen LogP contribution in [0.25, 0.3) is 0 Å². The molecule has 2 aromatic rings. The molecule has 0 aliphatic carbocycles. The lowest BCUT2D eigenvalue weighted by Crippen LogP contribution is -2.14. The summed E-state index contributed by atoms with van der Waals surface area (Å²) in [5.74, 6) is -0.265. The summed E-state index contributed by atoms with van der Waals surface area (Å²) in [5.41, 5.74) is 1.14. The van der Waals surface area contributed by atoms with Crippen LogP contribution in [0.5, 0.6) is 0 Å². The van der Waals surface area contributed by atoms with Gasteiger partial charge in [0.25, 0.3) is 0 Å². The largest absolute Gasteiger partial charge is 0.291 e. The highest BCUT2D eigenvalue weighted by atomic mass is 17.1. The third-order valence-electron chi connectivity index (χ3n) is 2.50. The summed E-state index contributed by atoms with van der Waals surface area (Å²) in [6.45, 7) is 0. The van der Waals surface area contributed by atoms with Crippen molar-refractivity contribution in [1.29, 1.82) is 0 Å². The van der Waals surface area contributed by atoms with E-state index in [2.05, 4.69) is 4.89 Å². The van der Waals surface area contributed by atoms with E-state index in [9.17, 15) is 4.79 Å². The van der Waals surface area contributed by atoms with E-state index >= 15 is 0 Å². The molecule has 0 saturated heterocycles. The molecule has 0 fully saturated rings. The predicted octanol–water partition coefficient (Wildman–Crippen LogP) is 3.10. The number of carbonyl (C=O) groups is 1. The van der Waals surface area contributed by atoms with Crippen molar-refractivity contribution in [3.05, 3.63) is 71.8 Å². The number of carbonyl (C=O) groups excluding carboxylic acids is 1. The van der Waals surface area contributed by atoms with Crippen LogP contribution in [0, 0.1) is 0 Å². The van der Waals surface area contributed by atoms with Crippen LogP contribution in [-0.4, -0.2) is 11.0 Å². The lowest BCUT2D eigenvalue weighted by molar-refractivity contribution is -0.266. The third kappa shape index (κ3) is 2.58. The summed E-state index contributed by atoms with van der Waals surface area (Å²) < 4.78 is 0. The SMILES string of the molecule is O=C(c1ccccc1)C(OO)c1ccccc1. The molecule has 1 unspecified atom stereocenters. The van der Waals surface area contributed by atoms with Gasteiger partial charge in [-0.25, -0.2) is 4.89 Å². The molecule has 0 aromatic heterocycles. The Morgan fingerprint density at radius 1 is 0.941 bits per heavy atom. The standard InChI is InChI=1S/C14H12O3/c15-13(11-7-3-1-4-8-11)14(17-16)12-9-5-2-6-10-12/h1-10,14,16H. The Labute approximate surface area is 99.2 Å². The van der Waals surface area contributed by atoms with Crippen LogP contribution in [0.2, 0.25) is 0 Å². The van der Waals surface area contributed by atoms with Crippen molar-refractivity contribution in [3.8, 4) is 0 Å². The van der Waals surface area contributed by atoms with Crippen molar-refractivity contribution in [2.45, 2.75) is 6.10 Å². The van der Waals surface area contributed by atoms with Crippen LogP contribution in [0.1, 0.15) is 22.0 Å². The highest BCUT2D eigenvalue weighted by Gasteiger charge is 2.22. The van der Waals surface area contributed by atoms with E-state index in [0.717, 1.165) is 0 Å². The molecular formula is C14H12O3. The second-order valence-corrected chi connectivity index (χ2v) is 3.63. The second-order valence-electron chi connectivity index (χ2n) is 3.63. The van der Waals surface area contributed by atoms with E-state index in [-0.39, 0.29) is 5.78 Å². The fourth-order valence-corrected chi connectivity index (χ4v) is 1.64. The zero-order chi connectivity index (χ0) is 12.1. The quantitative estimate of drug-likeness (QED) is 0.497. The maximum atomic E-state index is 12.1. The van der Waals surface area contributed by atoms with Gasteiger partial charge in [0.2, 0.25) is 0 Å². The van der Waals surface area contributed by atoms with Gasteiger partial charge in [-0.1, -0.05) is 60.7 Å². The smallest absolute Gasteiger partial charge is 0.199 e. The molecule has 2 aromatic carbocycles. The van der Waals surface area contributed by atoms with Crippen LogP contribution in [0.15, 0.2) is 60.7 Å². The van der Waals surface area contributed by atoms with E-state index in [1.165, 1.54) is 0 Å². The molecule has 3 nitrogen and oxygen atoms in total. The van der Waals surface area contributed by atoms with Gasteiger partial charge in [-0.2, -0.15) is 0 Å². The lowest BCUT2D eigenvalue weighted by atomic mass is 10.0. The predicted molar refractivity (Wildman–Crippen MR) is 63.7 cm³/mol. The summed E-state index contributed by atoms with van der Waals surface area (Å²) >= 11 is 0. The normalized spacial score (nSPS) is 12.1. The Bertz CT molecular complexity index is 479. The summed E-state index contributed by atoms with van der Waals surface area (Å²) in [7, 11) is 0. The average Bonchev–Trinajstić information content (AvgIpc) is 2.42. The molecular weight excluding hydrogens is 216 g/mol. The van der Waals surface area contributed by atoms with E-state index in [4.69, 9.17) is 5.26 Å². The molecule has 2 rings (SSSR count). The maximum absolute atomic E-state index is 12.1. The van der Waals surface area contributed by atoms with Crippen LogP contribution in [-0.2, 0) is 4.89 Å². The number of benzene rings is 2. The van der Waals surface area contributed by atoms with Gasteiger partial charge in [0.05, 0.1) is 0 Å². The fourth-order valence-electron chi connectivity index (χ4n) is 1.64. The first-order valence-electron chi connectivity index (χ1n) is 5.27. The van der Waals surface area contributed by atoms with Crippen LogP contribution >= 0.6 is 0 Å². The van der Waals surface area contributed by atoms with Crippen molar-refractivity contribution >= 4 is 5.78 Å². The van der Waals surface area contributed by atoms with E-state index in [1.807, 2.05) is 12.1 Å². The Morgan fingerprint density at radius 2 is 1.47 bits per heavy atom. The minimum Gasteiger partial charge on any atom is -0.291 e. The van der Waals surface area contributed by atoms with Crippen molar-refractivity contribution in [2.75, 3.05) is 0 Å². The van der Waals surface area contributed by atoms with Crippen LogP contribution in [0.4, 0.5) is 0 Å². The van der Waals surface area contributed by atoms with Gasteiger partial charge < -0.3 is 0 Å². The van der Waals surface area contributed by atoms with Crippen molar-refractivity contribution in [2.24, 2.45) is 0 Å². The van der Waals surface area contributed by atoms with Gasteiger partial charge in [0, 0.05) is 5.56 Å². The van der Waals surface area contributed by atoms with Gasteiger partial charge in [-0.15, -0.1) is 0 Å². The molecule has 1 atom stereocenters. The Morgan fingerprint density at radius 3 is 2.00 bits per heavy atom. The number of rotatable bonds is 4. The lowest BCUT2D eigenvalue weighted by Gasteiger charge is -2.12. The number of ketones is 1. The molecule has 0 amide bonds. The molecule has 86 valence electrons. The molecule has 0 bridgehead atoms. The van der Waals surface area contributed by atoms with E-state index in [1.54, 1.807) is 48.5 Å². The minimum atomic E-state index is -0.974. The molecule has 0 aliphatic rings. The molecule has 0 heterocycles. The minimum absolute atomic E-state index is 0.265. The first-order chi connectivity index (χ1) is 8.33. The molecule has 17 heavy (non-hydrogen) atoms. The second kappa shape index (κ2) is 5.39. The van der Waals surface area contributed by atoms with Gasteiger partial charge in [-0.3, -0.25) is 10.1 Å². The Hall–Kier alpha value is -1.97. The Balaban J connectivity index is 2.29. The number of hydrogen-bond acceptors (Lipinski definition) is 3. The zero-order valence-electron chi connectivity index (χ0n) is 9.11. The summed E-state index contributed by atoms with van der Waals surface area (Å²) in [6.07, 6.45) is -0.974. The first kappa shape index (κ1) is 11.5. The Kier molecular flexibility index (Phi) is 3.65. The third-order valence-corrected chi connectivity index (χ3v) is 2.50. The maximum Gasteiger partial charge on any atom is 0.199 e. The number of hydrogen-bond donors (Lipinski definition) is 1. The zero-order valence-corrected chi connectivity index (χ0v) is 9.11. The van der Waals surface area contributed by atoms with Gasteiger partial charge in [-0.05, 0) is 5.56 Å². The van der Waals surface area contributed by atoms with E-state index < -0.39 is 6.10 Å². The molecule has 0 saturated carbocycles. The van der Waals surface area contributed by atoms with Gasteiger partial charge in [0.15, 0.2) is 11.9 Å². The monoisotopic (exact) mass is 228 g/mol. The first-order valence-corrected chi connectivity index (χ1v) is 5.27. The highest BCUT2D eigenvalue weighted by Crippen LogP contribution is 2.21. The van der Waals surface area contributed by atoms with Crippen LogP contribution in [0.3, 0.4) is 0 Å². The van der Waals surface area contributed by atoms with Gasteiger partial charge >= 0.3 is 0 Å².